The number of hydrogen-bond acceptors (Lipinski definition) is 0. The van der Waals surface area contributed by atoms with E-state index in [0.717, 1.165) is 0 Å². The molecule has 0 aliphatic heterocycles. The zero-order valence-electron chi connectivity index (χ0n) is 6.72. The lowest BCUT2D eigenvalue weighted by molar-refractivity contribution is 0.968. The molecular weight excluding hydrogens is 120 g/mol. The molecule has 0 N–H and O–H groups in total. The largest absolute Gasteiger partial charge is 0.0813 e. The zero-order chi connectivity index (χ0) is 7.40. The van der Waals surface area contributed by atoms with E-state index in [9.17, 15) is 0 Å². The van der Waals surface area contributed by atoms with Gasteiger partial charge in [-0.2, -0.15) is 0 Å². The SMILES string of the molecule is CC1=CCC/C(C)=C/C=C1. The fourth-order valence-corrected chi connectivity index (χ4v) is 1.04. The molecule has 0 saturated carbocycles. The van der Waals surface area contributed by atoms with Crippen LogP contribution >= 0.6 is 0 Å². The third kappa shape index (κ3) is 2.22. The van der Waals surface area contributed by atoms with E-state index in [4.69, 9.17) is 0 Å². The summed E-state index contributed by atoms with van der Waals surface area (Å²) in [7, 11) is 0. The summed E-state index contributed by atoms with van der Waals surface area (Å²) in [5, 5.41) is 0. The number of allylic oxidation sites excluding steroid dienone is 6. The quantitative estimate of drug-likeness (QED) is 0.477. The molecule has 54 valence electrons. The maximum absolute atomic E-state index is 2.28. The molecule has 1 aliphatic carbocycles. The second kappa shape index (κ2) is 3.40. The summed E-state index contributed by atoms with van der Waals surface area (Å²) in [5.74, 6) is 0. The summed E-state index contributed by atoms with van der Waals surface area (Å²) < 4.78 is 0. The Bertz CT molecular complexity index is 192. The van der Waals surface area contributed by atoms with Gasteiger partial charge in [-0.05, 0) is 26.7 Å². The van der Waals surface area contributed by atoms with Crippen LogP contribution in [-0.4, -0.2) is 0 Å². The Balaban J connectivity index is 2.70. The molecule has 0 unspecified atom stereocenters. The van der Waals surface area contributed by atoms with Gasteiger partial charge in [0.1, 0.15) is 0 Å². The molecule has 1 aliphatic rings. The Morgan fingerprint density at radius 1 is 1.30 bits per heavy atom. The highest BCUT2D eigenvalue weighted by atomic mass is 14.0. The average molecular weight is 134 g/mol. The smallest absolute Gasteiger partial charge is 0.0285 e. The summed E-state index contributed by atoms with van der Waals surface area (Å²) in [5.41, 5.74) is 2.85. The second-order valence-electron chi connectivity index (χ2n) is 2.86. The van der Waals surface area contributed by atoms with Crippen LogP contribution in [-0.2, 0) is 0 Å². The van der Waals surface area contributed by atoms with Crippen LogP contribution in [0.5, 0.6) is 0 Å². The van der Waals surface area contributed by atoms with E-state index in [0.29, 0.717) is 0 Å². The van der Waals surface area contributed by atoms with E-state index in [1.807, 2.05) is 0 Å². The van der Waals surface area contributed by atoms with Gasteiger partial charge >= 0.3 is 0 Å². The van der Waals surface area contributed by atoms with Crippen molar-refractivity contribution in [2.45, 2.75) is 26.7 Å². The van der Waals surface area contributed by atoms with Gasteiger partial charge in [0.15, 0.2) is 0 Å². The lowest BCUT2D eigenvalue weighted by atomic mass is 10.1. The van der Waals surface area contributed by atoms with E-state index < -0.39 is 0 Å². The maximum atomic E-state index is 2.28. The molecule has 0 heterocycles. The van der Waals surface area contributed by atoms with Crippen molar-refractivity contribution in [3.05, 3.63) is 35.5 Å². The van der Waals surface area contributed by atoms with E-state index in [1.54, 1.807) is 0 Å². The normalized spacial score (nSPS) is 24.2. The molecule has 0 saturated heterocycles. The Morgan fingerprint density at radius 3 is 2.90 bits per heavy atom. The lowest BCUT2D eigenvalue weighted by Crippen LogP contribution is -1.79. The summed E-state index contributed by atoms with van der Waals surface area (Å²) in [6.07, 6.45) is 11.2. The molecule has 0 fully saturated rings. The molecule has 0 atom stereocenters. The first-order valence-electron chi connectivity index (χ1n) is 3.79. The molecule has 0 radical (unpaired) electrons. The molecule has 0 aromatic heterocycles. The molecule has 0 bridgehead atoms. The third-order valence-corrected chi connectivity index (χ3v) is 1.74. The average Bonchev–Trinajstić information content (AvgIpc) is 1.84. The Labute approximate surface area is 62.9 Å². The van der Waals surface area contributed by atoms with Gasteiger partial charge in [-0.1, -0.05) is 35.5 Å². The third-order valence-electron chi connectivity index (χ3n) is 1.74. The highest BCUT2D eigenvalue weighted by Gasteiger charge is 1.90. The molecule has 0 nitrogen and oxygen atoms in total. The van der Waals surface area contributed by atoms with Crippen LogP contribution in [0, 0.1) is 0 Å². The van der Waals surface area contributed by atoms with Crippen LogP contribution in [0.25, 0.3) is 0 Å². The lowest BCUT2D eigenvalue weighted by Gasteiger charge is -2.00. The van der Waals surface area contributed by atoms with Crippen LogP contribution in [0.2, 0.25) is 0 Å². The predicted molar refractivity (Wildman–Crippen MR) is 45.9 cm³/mol. The van der Waals surface area contributed by atoms with Crippen molar-refractivity contribution in [1.29, 1.82) is 0 Å². The Kier molecular flexibility index (Phi) is 2.49. The van der Waals surface area contributed by atoms with Crippen molar-refractivity contribution in [3.8, 4) is 0 Å². The molecule has 0 heteroatoms. The molecule has 0 amide bonds. The van der Waals surface area contributed by atoms with Crippen molar-refractivity contribution < 1.29 is 0 Å². The monoisotopic (exact) mass is 134 g/mol. The first kappa shape index (κ1) is 7.33. The van der Waals surface area contributed by atoms with Gasteiger partial charge < -0.3 is 0 Å². The van der Waals surface area contributed by atoms with Gasteiger partial charge in [0, 0.05) is 0 Å². The summed E-state index contributed by atoms with van der Waals surface area (Å²) in [6, 6.07) is 0. The minimum atomic E-state index is 1.19. The van der Waals surface area contributed by atoms with Crippen LogP contribution in [0.1, 0.15) is 26.7 Å². The zero-order valence-corrected chi connectivity index (χ0v) is 6.72. The predicted octanol–water partition coefficient (Wildman–Crippen LogP) is 3.23. The first-order valence-corrected chi connectivity index (χ1v) is 3.79. The van der Waals surface area contributed by atoms with Crippen LogP contribution in [0.4, 0.5) is 0 Å². The Morgan fingerprint density at radius 2 is 2.10 bits per heavy atom. The summed E-state index contributed by atoms with van der Waals surface area (Å²) >= 11 is 0. The number of hydrogen-bond donors (Lipinski definition) is 0. The molecule has 0 spiro atoms. The van der Waals surface area contributed by atoms with Crippen molar-refractivity contribution in [2.24, 2.45) is 0 Å². The van der Waals surface area contributed by atoms with E-state index in [2.05, 4.69) is 38.2 Å². The second-order valence-corrected chi connectivity index (χ2v) is 2.86. The first-order chi connectivity index (χ1) is 4.79. The van der Waals surface area contributed by atoms with Gasteiger partial charge in [0.2, 0.25) is 0 Å². The summed E-state index contributed by atoms with van der Waals surface area (Å²) in [4.78, 5) is 0. The topological polar surface area (TPSA) is 0 Å². The molecule has 10 heavy (non-hydrogen) atoms. The van der Waals surface area contributed by atoms with Gasteiger partial charge in [-0.15, -0.1) is 0 Å². The van der Waals surface area contributed by atoms with Gasteiger partial charge in [0.05, 0.1) is 0 Å². The van der Waals surface area contributed by atoms with Crippen LogP contribution in [0.3, 0.4) is 0 Å². The van der Waals surface area contributed by atoms with Crippen LogP contribution in [0.15, 0.2) is 35.5 Å². The Hall–Kier alpha value is -0.780. The minimum absolute atomic E-state index is 1.19. The highest BCUT2D eigenvalue weighted by Crippen LogP contribution is 2.10. The van der Waals surface area contributed by atoms with Gasteiger partial charge in [0.25, 0.3) is 0 Å². The maximum Gasteiger partial charge on any atom is -0.0285 e. The fourth-order valence-electron chi connectivity index (χ4n) is 1.04. The highest BCUT2D eigenvalue weighted by molar-refractivity contribution is 5.24. The summed E-state index contributed by atoms with van der Waals surface area (Å²) in [6.45, 7) is 4.32. The van der Waals surface area contributed by atoms with Crippen LogP contribution < -0.4 is 0 Å². The van der Waals surface area contributed by atoms with Crippen molar-refractivity contribution in [3.63, 3.8) is 0 Å². The molecular formula is C10H14. The molecule has 1 rings (SSSR count). The fraction of sp³-hybridized carbons (Fsp3) is 0.400. The minimum Gasteiger partial charge on any atom is -0.0813 e. The van der Waals surface area contributed by atoms with Gasteiger partial charge in [-0.25, -0.2) is 0 Å². The number of rotatable bonds is 0. The van der Waals surface area contributed by atoms with Crippen molar-refractivity contribution >= 4 is 0 Å². The van der Waals surface area contributed by atoms with E-state index in [-0.39, 0.29) is 0 Å². The van der Waals surface area contributed by atoms with E-state index in [1.165, 1.54) is 24.0 Å². The van der Waals surface area contributed by atoms with E-state index >= 15 is 0 Å². The molecule has 0 aromatic carbocycles. The molecule has 0 aromatic rings. The standard InChI is InChI=1S/C10H14/c1-9-5-3-7-10(2)8-4-6-9/h3,5-7H,4,8H2,1-2H3/b5-3?,9-6?,10-7+. The van der Waals surface area contributed by atoms with Gasteiger partial charge in [-0.3, -0.25) is 0 Å². The van der Waals surface area contributed by atoms with Crippen molar-refractivity contribution in [2.75, 3.05) is 0 Å². The van der Waals surface area contributed by atoms with Crippen molar-refractivity contribution in [1.82, 2.24) is 0 Å².